The molecule has 0 saturated carbocycles. The second-order valence-electron chi connectivity index (χ2n) is 7.71. The van der Waals surface area contributed by atoms with Crippen LogP contribution in [0.25, 0.3) is 61.5 Å². The van der Waals surface area contributed by atoms with Crippen molar-refractivity contribution in [1.29, 1.82) is 5.26 Å². The predicted octanol–water partition coefficient (Wildman–Crippen LogP) is 6.87. The molecule has 0 fully saturated rings. The Kier molecular flexibility index (Phi) is 3.45. The van der Waals surface area contributed by atoms with Crippen LogP contribution in [-0.2, 0) is 0 Å². The molecule has 0 aromatic heterocycles. The Labute approximate surface area is 174 Å². The molecule has 2 aliphatic rings. The van der Waals surface area contributed by atoms with Gasteiger partial charge in [0.15, 0.2) is 0 Å². The van der Waals surface area contributed by atoms with Crippen LogP contribution in [0.1, 0.15) is 5.56 Å². The van der Waals surface area contributed by atoms with Gasteiger partial charge in [0.2, 0.25) is 0 Å². The summed E-state index contributed by atoms with van der Waals surface area (Å²) >= 11 is 0. The van der Waals surface area contributed by atoms with E-state index in [1.165, 1.54) is 49.5 Å². The first-order chi connectivity index (χ1) is 14.8. The first-order valence-electron chi connectivity index (χ1n) is 10.1. The van der Waals surface area contributed by atoms with E-state index >= 15 is 0 Å². The molecule has 0 unspecified atom stereocenters. The van der Waals surface area contributed by atoms with E-state index in [4.69, 9.17) is 0 Å². The lowest BCUT2D eigenvalue weighted by Gasteiger charge is -2.04. The summed E-state index contributed by atoms with van der Waals surface area (Å²) in [4.78, 5) is 0. The zero-order valence-corrected chi connectivity index (χ0v) is 16.3. The minimum absolute atomic E-state index is 0.720. The third-order valence-corrected chi connectivity index (χ3v) is 6.18. The van der Waals surface area contributed by atoms with Gasteiger partial charge in [0.05, 0.1) is 11.6 Å². The molecule has 0 aliphatic heterocycles. The molecule has 30 heavy (non-hydrogen) atoms. The molecule has 0 bridgehead atoms. The van der Waals surface area contributed by atoms with E-state index < -0.39 is 0 Å². The second kappa shape index (κ2) is 6.17. The van der Waals surface area contributed by atoms with Crippen molar-refractivity contribution in [2.45, 2.75) is 0 Å². The van der Waals surface area contributed by atoms with Gasteiger partial charge in [0.25, 0.3) is 0 Å². The molecule has 1 nitrogen and oxygen atoms in total. The molecule has 138 valence electrons. The molecule has 6 rings (SSSR count). The van der Waals surface area contributed by atoms with Crippen molar-refractivity contribution in [3.8, 4) is 39.4 Å². The molecule has 1 heteroatoms. The molecule has 0 radical (unpaired) electrons. The fourth-order valence-corrected chi connectivity index (χ4v) is 4.98. The van der Waals surface area contributed by atoms with Gasteiger partial charge in [-0.05, 0) is 60.8 Å². The van der Waals surface area contributed by atoms with E-state index in [1.807, 2.05) is 18.2 Å². The molecular weight excluding hydrogens is 362 g/mol. The van der Waals surface area contributed by atoms with Crippen molar-refractivity contribution in [3.63, 3.8) is 0 Å². The van der Waals surface area contributed by atoms with Gasteiger partial charge in [-0.15, -0.1) is 0 Å². The number of fused-ring (bicyclic) bond motifs is 3. The van der Waals surface area contributed by atoms with E-state index in [2.05, 4.69) is 85.4 Å². The molecule has 0 N–H and O–H groups in total. The minimum atomic E-state index is 0.720. The average molecular weight is 379 g/mol. The fourth-order valence-electron chi connectivity index (χ4n) is 4.98. The Hall–Kier alpha value is -4.15. The van der Waals surface area contributed by atoms with Gasteiger partial charge in [-0.25, -0.2) is 0 Å². The van der Waals surface area contributed by atoms with Gasteiger partial charge in [-0.2, -0.15) is 5.26 Å². The minimum Gasteiger partial charge on any atom is -0.192 e. The summed E-state index contributed by atoms with van der Waals surface area (Å²) in [6, 6.07) is 33.7. The third kappa shape index (κ3) is 2.11. The van der Waals surface area contributed by atoms with Crippen LogP contribution in [0.5, 0.6) is 0 Å². The van der Waals surface area contributed by atoms with Crippen LogP contribution in [0, 0.1) is 11.3 Å². The van der Waals surface area contributed by atoms with Crippen molar-refractivity contribution < 1.29 is 0 Å². The molecule has 0 saturated heterocycles. The lowest BCUT2D eigenvalue weighted by atomic mass is 9.98. The van der Waals surface area contributed by atoms with Gasteiger partial charge in [-0.3, -0.25) is 0 Å². The van der Waals surface area contributed by atoms with E-state index in [0.29, 0.717) is 0 Å². The van der Waals surface area contributed by atoms with Crippen molar-refractivity contribution in [2.24, 2.45) is 0 Å². The smallest absolute Gasteiger partial charge is 0.0998 e. The van der Waals surface area contributed by atoms with Gasteiger partial charge >= 0.3 is 0 Å². The Bertz CT molecular complexity index is 1510. The Morgan fingerprint density at radius 3 is 1.63 bits per heavy atom. The van der Waals surface area contributed by atoms with Gasteiger partial charge in [0, 0.05) is 5.39 Å². The number of hydrogen-bond donors (Lipinski definition) is 0. The van der Waals surface area contributed by atoms with Crippen LogP contribution in [-0.4, -0.2) is 0 Å². The van der Waals surface area contributed by atoms with E-state index in [-0.39, 0.29) is 0 Å². The van der Waals surface area contributed by atoms with Crippen molar-refractivity contribution in [1.82, 2.24) is 0 Å². The van der Waals surface area contributed by atoms with Crippen LogP contribution in [0.2, 0.25) is 0 Å². The second-order valence-corrected chi connectivity index (χ2v) is 7.71. The molecule has 0 atom stereocenters. The van der Waals surface area contributed by atoms with Crippen molar-refractivity contribution in [3.05, 3.63) is 102 Å². The zero-order valence-electron chi connectivity index (χ0n) is 16.3. The maximum Gasteiger partial charge on any atom is 0.0998 e. The Morgan fingerprint density at radius 2 is 1.07 bits per heavy atom. The number of rotatable bonds is 2. The lowest BCUT2D eigenvalue weighted by molar-refractivity contribution is 1.51. The van der Waals surface area contributed by atoms with E-state index in [0.717, 1.165) is 16.2 Å². The lowest BCUT2D eigenvalue weighted by Crippen LogP contribution is -2.01. The fraction of sp³-hybridized carbons (Fsp3) is 0. The number of nitrogens with zero attached hydrogens (tertiary/aromatic N) is 1. The normalized spacial score (nSPS) is 11.4. The monoisotopic (exact) mass is 379 g/mol. The van der Waals surface area contributed by atoms with E-state index in [9.17, 15) is 5.26 Å². The highest BCUT2D eigenvalue weighted by Gasteiger charge is 2.28. The molecule has 2 aliphatic carbocycles. The predicted molar refractivity (Wildman–Crippen MR) is 126 cm³/mol. The van der Waals surface area contributed by atoms with Crippen LogP contribution in [0.4, 0.5) is 0 Å². The largest absolute Gasteiger partial charge is 0.192 e. The highest BCUT2D eigenvalue weighted by Crippen LogP contribution is 2.51. The summed E-state index contributed by atoms with van der Waals surface area (Å²) < 4.78 is 0. The van der Waals surface area contributed by atoms with Crippen LogP contribution in [0.15, 0.2) is 91.0 Å². The zero-order chi connectivity index (χ0) is 20.2. The quantitative estimate of drug-likeness (QED) is 0.322. The summed E-state index contributed by atoms with van der Waals surface area (Å²) in [6.07, 6.45) is 0. The first kappa shape index (κ1) is 16.8. The topological polar surface area (TPSA) is 23.8 Å². The first-order valence-corrected chi connectivity index (χ1v) is 10.1. The summed E-state index contributed by atoms with van der Waals surface area (Å²) in [5.74, 6) is 0. The summed E-state index contributed by atoms with van der Waals surface area (Å²) in [5, 5.41) is 15.3. The maximum atomic E-state index is 9.65. The average Bonchev–Trinajstić information content (AvgIpc) is 3.28. The molecule has 0 amide bonds. The number of nitriles is 1. The Balaban J connectivity index is 1.89. The summed E-state index contributed by atoms with van der Waals surface area (Å²) in [5.41, 5.74) is 7.91. The van der Waals surface area contributed by atoms with Gasteiger partial charge in [0.1, 0.15) is 0 Å². The number of benzene rings is 4. The maximum absolute atomic E-state index is 9.65. The van der Waals surface area contributed by atoms with Gasteiger partial charge in [-0.1, -0.05) is 91.5 Å². The molecule has 4 aromatic rings. The molecule has 0 heterocycles. The van der Waals surface area contributed by atoms with Crippen LogP contribution < -0.4 is 5.22 Å². The number of hydrogen-bond acceptors (Lipinski definition) is 1. The summed E-state index contributed by atoms with van der Waals surface area (Å²) in [7, 11) is 0. The summed E-state index contributed by atoms with van der Waals surface area (Å²) in [6.45, 7) is 4.55. The molecule has 0 spiro atoms. The highest BCUT2D eigenvalue weighted by atomic mass is 14.3. The molecular formula is C29H17N. The highest BCUT2D eigenvalue weighted by molar-refractivity contribution is 6.30. The van der Waals surface area contributed by atoms with Crippen molar-refractivity contribution >= 4 is 28.1 Å². The molecule has 4 aromatic carbocycles. The van der Waals surface area contributed by atoms with Crippen LogP contribution in [0.3, 0.4) is 0 Å². The Morgan fingerprint density at radius 1 is 0.533 bits per heavy atom. The van der Waals surface area contributed by atoms with Gasteiger partial charge < -0.3 is 0 Å². The SMILES string of the molecule is C=c1c(-c2ccccc2)c2c3cccc4c(C#N)ccc(c-2c1-c1ccccc1)c43. The third-order valence-electron chi connectivity index (χ3n) is 6.18. The van der Waals surface area contributed by atoms with E-state index in [1.54, 1.807) is 0 Å². The van der Waals surface area contributed by atoms with Crippen LogP contribution >= 0.6 is 0 Å². The standard InChI is InChI=1S/C29H17N/c1-18-25(19-9-4-2-5-10-19)28-23-14-8-13-22-21(17-30)15-16-24(27(22)23)29(28)26(18)20-11-6-3-7-12-20/h2-16H,1H2. The van der Waals surface area contributed by atoms with Crippen molar-refractivity contribution in [2.75, 3.05) is 0 Å².